The van der Waals surface area contributed by atoms with Crippen LogP contribution in [0.1, 0.15) is 0 Å². The first-order valence-corrected chi connectivity index (χ1v) is 2.49. The minimum absolute atomic E-state index is 0.310. The van der Waals surface area contributed by atoms with Gasteiger partial charge in [-0.3, -0.25) is 5.32 Å². The number of hydrogen-bond acceptors (Lipinski definition) is 2. The molecular formula is C4H7NS. The van der Waals surface area contributed by atoms with E-state index in [0.717, 1.165) is 6.54 Å². The maximum absolute atomic E-state index is 4.09. The van der Waals surface area contributed by atoms with Gasteiger partial charge in [0.25, 0.3) is 0 Å². The van der Waals surface area contributed by atoms with Crippen molar-refractivity contribution in [3.8, 4) is 0 Å². The molecule has 34 valence electrons. The van der Waals surface area contributed by atoms with Crippen LogP contribution in [0.4, 0.5) is 0 Å². The Balaban J connectivity index is 2.38. The molecule has 0 amide bonds. The third kappa shape index (κ3) is 0.758. The standard InChI is InChI=1S/C4H7NS/c6-4-2-1-3-5-4/h1-2,4-6H,3H2. The predicted molar refractivity (Wildman–Crippen MR) is 29.9 cm³/mol. The minimum atomic E-state index is 0.310. The normalized spacial score (nSPS) is 31.8. The highest BCUT2D eigenvalue weighted by molar-refractivity contribution is 7.81. The molecule has 1 N–H and O–H groups in total. The molecule has 0 radical (unpaired) electrons. The van der Waals surface area contributed by atoms with Gasteiger partial charge in [-0.05, 0) is 0 Å². The molecule has 0 saturated carbocycles. The summed E-state index contributed by atoms with van der Waals surface area (Å²) in [5, 5.41) is 3.38. The summed E-state index contributed by atoms with van der Waals surface area (Å²) in [5.74, 6) is 0. The van der Waals surface area contributed by atoms with Crippen molar-refractivity contribution in [2.24, 2.45) is 0 Å². The first-order valence-electron chi connectivity index (χ1n) is 1.98. The van der Waals surface area contributed by atoms with Crippen molar-refractivity contribution < 1.29 is 0 Å². The molecular weight excluding hydrogens is 94.1 g/mol. The Hall–Kier alpha value is 0.0500. The molecule has 1 unspecified atom stereocenters. The molecule has 1 heterocycles. The van der Waals surface area contributed by atoms with E-state index in [0.29, 0.717) is 5.37 Å². The topological polar surface area (TPSA) is 12.0 Å². The number of nitrogens with one attached hydrogen (secondary N) is 1. The number of rotatable bonds is 0. The zero-order valence-corrected chi connectivity index (χ0v) is 4.28. The fraction of sp³-hybridized carbons (Fsp3) is 0.500. The molecule has 0 aliphatic carbocycles. The lowest BCUT2D eigenvalue weighted by atomic mass is 10.6. The predicted octanol–water partition coefficient (Wildman–Crippen LogP) is 0.402. The second kappa shape index (κ2) is 1.67. The van der Waals surface area contributed by atoms with Crippen molar-refractivity contribution in [1.29, 1.82) is 0 Å². The largest absolute Gasteiger partial charge is 0.299 e. The van der Waals surface area contributed by atoms with E-state index >= 15 is 0 Å². The summed E-state index contributed by atoms with van der Waals surface area (Å²) >= 11 is 4.09. The van der Waals surface area contributed by atoms with Crippen LogP contribution < -0.4 is 5.32 Å². The molecule has 1 rings (SSSR count). The van der Waals surface area contributed by atoms with Crippen LogP contribution in [0.25, 0.3) is 0 Å². The van der Waals surface area contributed by atoms with Crippen LogP contribution in [0.3, 0.4) is 0 Å². The average molecular weight is 101 g/mol. The molecule has 1 nitrogen and oxygen atoms in total. The highest BCUT2D eigenvalue weighted by atomic mass is 32.1. The van der Waals surface area contributed by atoms with Gasteiger partial charge in [-0.1, -0.05) is 12.2 Å². The van der Waals surface area contributed by atoms with Crippen LogP contribution >= 0.6 is 12.6 Å². The van der Waals surface area contributed by atoms with Crippen LogP contribution in [-0.2, 0) is 0 Å². The molecule has 1 atom stereocenters. The first kappa shape index (κ1) is 4.22. The Morgan fingerprint density at radius 3 is 2.83 bits per heavy atom. The van der Waals surface area contributed by atoms with Gasteiger partial charge in [0.05, 0.1) is 5.37 Å². The van der Waals surface area contributed by atoms with Crippen molar-refractivity contribution in [3.63, 3.8) is 0 Å². The number of hydrogen-bond donors (Lipinski definition) is 2. The van der Waals surface area contributed by atoms with Crippen LogP contribution in [-0.4, -0.2) is 11.9 Å². The van der Waals surface area contributed by atoms with Crippen molar-refractivity contribution in [2.45, 2.75) is 5.37 Å². The Morgan fingerprint density at radius 1 is 1.83 bits per heavy atom. The van der Waals surface area contributed by atoms with Crippen LogP contribution in [0, 0.1) is 0 Å². The SMILES string of the molecule is SC1C=CCN1. The third-order valence-electron chi connectivity index (χ3n) is 0.763. The smallest absolute Gasteiger partial charge is 0.0692 e. The second-order valence-corrected chi connectivity index (χ2v) is 1.84. The average Bonchev–Trinajstić information content (AvgIpc) is 1.86. The van der Waals surface area contributed by atoms with E-state index in [-0.39, 0.29) is 0 Å². The molecule has 1 aliphatic heterocycles. The van der Waals surface area contributed by atoms with Gasteiger partial charge in [-0.25, -0.2) is 0 Å². The first-order chi connectivity index (χ1) is 2.89. The van der Waals surface area contributed by atoms with E-state index in [9.17, 15) is 0 Å². The van der Waals surface area contributed by atoms with Crippen LogP contribution in [0.2, 0.25) is 0 Å². The zero-order valence-electron chi connectivity index (χ0n) is 3.39. The van der Waals surface area contributed by atoms with E-state index in [1.807, 2.05) is 6.08 Å². The summed E-state index contributed by atoms with van der Waals surface area (Å²) < 4.78 is 0. The van der Waals surface area contributed by atoms with Gasteiger partial charge in [0.2, 0.25) is 0 Å². The highest BCUT2D eigenvalue weighted by Gasteiger charge is 1.97. The van der Waals surface area contributed by atoms with Gasteiger partial charge in [-0.15, -0.1) is 0 Å². The van der Waals surface area contributed by atoms with E-state index in [4.69, 9.17) is 0 Å². The van der Waals surface area contributed by atoms with E-state index in [1.165, 1.54) is 0 Å². The van der Waals surface area contributed by atoms with Gasteiger partial charge in [0.15, 0.2) is 0 Å². The summed E-state index contributed by atoms with van der Waals surface area (Å²) in [4.78, 5) is 0. The molecule has 0 aromatic rings. The van der Waals surface area contributed by atoms with Gasteiger partial charge in [0, 0.05) is 6.54 Å². The molecule has 2 heteroatoms. The maximum Gasteiger partial charge on any atom is 0.0692 e. The lowest BCUT2D eigenvalue weighted by molar-refractivity contribution is 0.852. The molecule has 0 bridgehead atoms. The second-order valence-electron chi connectivity index (χ2n) is 1.28. The summed E-state index contributed by atoms with van der Waals surface area (Å²) in [6, 6.07) is 0. The zero-order chi connectivity index (χ0) is 4.41. The summed E-state index contributed by atoms with van der Waals surface area (Å²) in [5.41, 5.74) is 0. The quantitative estimate of drug-likeness (QED) is 0.332. The summed E-state index contributed by atoms with van der Waals surface area (Å²) in [6.07, 6.45) is 4.10. The Morgan fingerprint density at radius 2 is 2.67 bits per heavy atom. The lowest BCUT2D eigenvalue weighted by Gasteiger charge is -1.93. The van der Waals surface area contributed by atoms with Gasteiger partial charge in [-0.2, -0.15) is 12.6 Å². The van der Waals surface area contributed by atoms with Gasteiger partial charge >= 0.3 is 0 Å². The molecule has 0 fully saturated rings. The van der Waals surface area contributed by atoms with Crippen molar-refractivity contribution in [1.82, 2.24) is 5.32 Å². The molecule has 0 aromatic carbocycles. The monoisotopic (exact) mass is 101 g/mol. The van der Waals surface area contributed by atoms with E-state index in [1.54, 1.807) is 0 Å². The van der Waals surface area contributed by atoms with Gasteiger partial charge < -0.3 is 0 Å². The number of thiol groups is 1. The summed E-state index contributed by atoms with van der Waals surface area (Å²) in [6.45, 7) is 0.980. The minimum Gasteiger partial charge on any atom is -0.299 e. The Kier molecular flexibility index (Phi) is 1.17. The maximum atomic E-state index is 4.09. The third-order valence-corrected chi connectivity index (χ3v) is 1.12. The molecule has 1 aliphatic rings. The molecule has 0 spiro atoms. The van der Waals surface area contributed by atoms with Gasteiger partial charge in [0.1, 0.15) is 0 Å². The van der Waals surface area contributed by atoms with Crippen molar-refractivity contribution >= 4 is 12.6 Å². The lowest BCUT2D eigenvalue weighted by Crippen LogP contribution is -2.14. The molecule has 0 saturated heterocycles. The molecule has 0 aromatic heterocycles. The Labute approximate surface area is 42.8 Å². The van der Waals surface area contributed by atoms with Crippen LogP contribution in [0.15, 0.2) is 12.2 Å². The van der Waals surface area contributed by atoms with Crippen LogP contribution in [0.5, 0.6) is 0 Å². The van der Waals surface area contributed by atoms with E-state index in [2.05, 4.69) is 24.0 Å². The Bertz CT molecular complexity index is 69.9. The fourth-order valence-electron chi connectivity index (χ4n) is 0.454. The van der Waals surface area contributed by atoms with E-state index < -0.39 is 0 Å². The highest BCUT2D eigenvalue weighted by Crippen LogP contribution is 1.96. The van der Waals surface area contributed by atoms with Crippen molar-refractivity contribution in [2.75, 3.05) is 6.54 Å². The summed E-state index contributed by atoms with van der Waals surface area (Å²) in [7, 11) is 0. The molecule has 6 heavy (non-hydrogen) atoms. The fourth-order valence-corrected chi connectivity index (χ4v) is 0.681. The van der Waals surface area contributed by atoms with Crippen molar-refractivity contribution in [3.05, 3.63) is 12.2 Å².